The number of rotatable bonds is 9. The molecule has 1 heterocycles. The van der Waals surface area contributed by atoms with Crippen LogP contribution in [0.15, 0.2) is 53.7 Å². The van der Waals surface area contributed by atoms with E-state index >= 15 is 0 Å². The number of hydrogen-bond acceptors (Lipinski definition) is 5. The molecule has 3 aromatic rings. The molecule has 3 rings (SSSR count). The number of carbonyl (C=O) groups is 1. The molecule has 2 aromatic carbocycles. The van der Waals surface area contributed by atoms with Gasteiger partial charge in [0, 0.05) is 31.5 Å². The number of methoxy groups -OCH3 is 1. The van der Waals surface area contributed by atoms with E-state index in [-0.39, 0.29) is 17.5 Å². The van der Waals surface area contributed by atoms with Gasteiger partial charge in [-0.3, -0.25) is 4.79 Å². The second-order valence-corrected chi connectivity index (χ2v) is 7.48. The molecule has 0 bridgehead atoms. The molecule has 0 aliphatic heterocycles. The third-order valence-corrected chi connectivity index (χ3v) is 5.32. The minimum Gasteiger partial charge on any atom is -0.385 e. The van der Waals surface area contributed by atoms with Crippen LogP contribution in [-0.4, -0.2) is 40.1 Å². The highest BCUT2D eigenvalue weighted by Crippen LogP contribution is 2.29. The Morgan fingerprint density at radius 1 is 1.21 bits per heavy atom. The Morgan fingerprint density at radius 3 is 2.69 bits per heavy atom. The van der Waals surface area contributed by atoms with E-state index in [2.05, 4.69) is 15.5 Å². The minimum absolute atomic E-state index is 0.141. The number of ether oxygens (including phenoxy) is 1. The number of anilines is 1. The third kappa shape index (κ3) is 5.79. The smallest absolute Gasteiger partial charge is 0.234 e. The molecule has 0 radical (unpaired) electrons. The standard InChI is InChI=1S/C20H20ClFN4O2S/c1-28-12-4-11-26-19(16-5-2-3-6-17(16)21)24-25-20(26)29-13-18(27)23-15-9-7-14(22)8-10-15/h2-3,5-10H,4,11-13H2,1H3,(H,23,27). The Bertz CT molecular complexity index is 965. The molecule has 0 saturated heterocycles. The predicted octanol–water partition coefficient (Wildman–Crippen LogP) is 4.50. The van der Waals surface area contributed by atoms with Crippen molar-refractivity contribution < 1.29 is 13.9 Å². The first kappa shape index (κ1) is 21.3. The Labute approximate surface area is 177 Å². The normalized spacial score (nSPS) is 10.9. The largest absolute Gasteiger partial charge is 0.385 e. The zero-order valence-electron chi connectivity index (χ0n) is 15.8. The van der Waals surface area contributed by atoms with E-state index in [9.17, 15) is 9.18 Å². The fourth-order valence-electron chi connectivity index (χ4n) is 2.67. The summed E-state index contributed by atoms with van der Waals surface area (Å²) in [7, 11) is 1.65. The van der Waals surface area contributed by atoms with Gasteiger partial charge < -0.3 is 14.6 Å². The van der Waals surface area contributed by atoms with Crippen molar-refractivity contribution in [2.24, 2.45) is 0 Å². The lowest BCUT2D eigenvalue weighted by Gasteiger charge is -2.11. The summed E-state index contributed by atoms with van der Waals surface area (Å²) in [4.78, 5) is 12.2. The summed E-state index contributed by atoms with van der Waals surface area (Å²) in [5.74, 6) is 0.219. The predicted molar refractivity (Wildman–Crippen MR) is 113 cm³/mol. The maximum Gasteiger partial charge on any atom is 0.234 e. The lowest BCUT2D eigenvalue weighted by molar-refractivity contribution is -0.113. The maximum atomic E-state index is 13.0. The summed E-state index contributed by atoms with van der Waals surface area (Å²) in [5, 5.41) is 12.5. The monoisotopic (exact) mass is 434 g/mol. The number of hydrogen-bond donors (Lipinski definition) is 1. The highest BCUT2D eigenvalue weighted by molar-refractivity contribution is 7.99. The van der Waals surface area contributed by atoms with Crippen LogP contribution in [0.1, 0.15) is 6.42 Å². The average molecular weight is 435 g/mol. The van der Waals surface area contributed by atoms with Crippen LogP contribution in [0.5, 0.6) is 0 Å². The van der Waals surface area contributed by atoms with Gasteiger partial charge in [0.1, 0.15) is 5.82 Å². The summed E-state index contributed by atoms with van der Waals surface area (Å²) in [5.41, 5.74) is 1.32. The highest BCUT2D eigenvalue weighted by Gasteiger charge is 2.17. The van der Waals surface area contributed by atoms with Crippen molar-refractivity contribution in [3.05, 3.63) is 59.4 Å². The lowest BCUT2D eigenvalue weighted by Crippen LogP contribution is -2.15. The first-order valence-electron chi connectivity index (χ1n) is 8.93. The van der Waals surface area contributed by atoms with Gasteiger partial charge in [-0.2, -0.15) is 0 Å². The van der Waals surface area contributed by atoms with E-state index in [1.807, 2.05) is 22.8 Å². The van der Waals surface area contributed by atoms with Crippen LogP contribution in [0.4, 0.5) is 10.1 Å². The molecule has 9 heteroatoms. The molecule has 0 aliphatic rings. The van der Waals surface area contributed by atoms with Gasteiger partial charge in [0.2, 0.25) is 5.91 Å². The molecular weight excluding hydrogens is 415 g/mol. The fraction of sp³-hybridized carbons (Fsp3) is 0.250. The van der Waals surface area contributed by atoms with Crippen LogP contribution in [-0.2, 0) is 16.1 Å². The summed E-state index contributed by atoms with van der Waals surface area (Å²) in [6.07, 6.45) is 0.765. The van der Waals surface area contributed by atoms with E-state index in [0.29, 0.717) is 34.8 Å². The van der Waals surface area contributed by atoms with Crippen LogP contribution in [0, 0.1) is 5.82 Å². The van der Waals surface area contributed by atoms with E-state index in [1.54, 1.807) is 13.2 Å². The second-order valence-electron chi connectivity index (χ2n) is 6.13. The average Bonchev–Trinajstić information content (AvgIpc) is 3.11. The number of aromatic nitrogens is 3. The number of thioether (sulfide) groups is 1. The van der Waals surface area contributed by atoms with Crippen LogP contribution in [0.3, 0.4) is 0 Å². The molecule has 0 fully saturated rings. The fourth-order valence-corrected chi connectivity index (χ4v) is 3.65. The Morgan fingerprint density at radius 2 is 1.97 bits per heavy atom. The van der Waals surface area contributed by atoms with Crippen molar-refractivity contribution in [1.82, 2.24) is 14.8 Å². The molecule has 152 valence electrons. The topological polar surface area (TPSA) is 69.0 Å². The number of halogens is 2. The first-order chi connectivity index (χ1) is 14.1. The van der Waals surface area contributed by atoms with Crippen LogP contribution in [0.25, 0.3) is 11.4 Å². The van der Waals surface area contributed by atoms with E-state index in [4.69, 9.17) is 16.3 Å². The number of nitrogens with zero attached hydrogens (tertiary/aromatic N) is 3. The number of amides is 1. The van der Waals surface area contributed by atoms with Gasteiger partial charge in [-0.05, 0) is 42.8 Å². The molecule has 1 amide bonds. The Hall–Kier alpha value is -2.42. The molecule has 0 spiro atoms. The van der Waals surface area contributed by atoms with Crippen molar-refractivity contribution in [1.29, 1.82) is 0 Å². The Kier molecular flexibility index (Phi) is 7.62. The van der Waals surface area contributed by atoms with Gasteiger partial charge >= 0.3 is 0 Å². The molecule has 1 N–H and O–H groups in total. The summed E-state index contributed by atoms with van der Waals surface area (Å²) >= 11 is 7.60. The van der Waals surface area contributed by atoms with Gasteiger partial charge in [0.15, 0.2) is 11.0 Å². The van der Waals surface area contributed by atoms with E-state index < -0.39 is 0 Å². The minimum atomic E-state index is -0.353. The Balaban J connectivity index is 1.73. The van der Waals surface area contributed by atoms with Gasteiger partial charge in [-0.25, -0.2) is 4.39 Å². The van der Waals surface area contributed by atoms with Crippen molar-refractivity contribution in [2.75, 3.05) is 24.8 Å². The number of nitrogens with one attached hydrogen (secondary N) is 1. The first-order valence-corrected chi connectivity index (χ1v) is 10.3. The van der Waals surface area contributed by atoms with Gasteiger partial charge in [-0.1, -0.05) is 35.5 Å². The zero-order valence-corrected chi connectivity index (χ0v) is 17.3. The van der Waals surface area contributed by atoms with Gasteiger partial charge in [0.25, 0.3) is 0 Å². The SMILES string of the molecule is COCCCn1c(SCC(=O)Nc2ccc(F)cc2)nnc1-c1ccccc1Cl. The summed E-state index contributed by atoms with van der Waals surface area (Å²) < 4.78 is 20.1. The van der Waals surface area contributed by atoms with Gasteiger partial charge in [-0.15, -0.1) is 10.2 Å². The molecule has 0 unspecified atom stereocenters. The number of benzene rings is 2. The summed E-state index contributed by atoms with van der Waals surface area (Å²) in [6, 6.07) is 13.0. The zero-order chi connectivity index (χ0) is 20.6. The molecule has 0 saturated carbocycles. The maximum absolute atomic E-state index is 13.0. The second kappa shape index (κ2) is 10.4. The van der Waals surface area contributed by atoms with Crippen LogP contribution >= 0.6 is 23.4 Å². The highest BCUT2D eigenvalue weighted by atomic mass is 35.5. The molecule has 6 nitrogen and oxygen atoms in total. The quantitative estimate of drug-likeness (QED) is 0.396. The van der Waals surface area contributed by atoms with E-state index in [0.717, 1.165) is 12.0 Å². The van der Waals surface area contributed by atoms with Crippen LogP contribution < -0.4 is 5.32 Å². The lowest BCUT2D eigenvalue weighted by atomic mass is 10.2. The molecule has 0 aliphatic carbocycles. The third-order valence-electron chi connectivity index (χ3n) is 4.02. The molecule has 1 aromatic heterocycles. The van der Waals surface area contributed by atoms with Crippen LogP contribution in [0.2, 0.25) is 5.02 Å². The summed E-state index contributed by atoms with van der Waals surface area (Å²) in [6.45, 7) is 1.22. The van der Waals surface area contributed by atoms with Crippen molar-refractivity contribution >= 4 is 35.0 Å². The van der Waals surface area contributed by atoms with Crippen molar-refractivity contribution in [3.63, 3.8) is 0 Å². The van der Waals surface area contributed by atoms with Gasteiger partial charge in [0.05, 0.1) is 10.8 Å². The molecule has 29 heavy (non-hydrogen) atoms. The molecular formula is C20H20ClFN4O2S. The van der Waals surface area contributed by atoms with E-state index in [1.165, 1.54) is 36.0 Å². The molecule has 0 atom stereocenters. The van der Waals surface area contributed by atoms with Crippen molar-refractivity contribution in [3.8, 4) is 11.4 Å². The number of carbonyl (C=O) groups excluding carboxylic acids is 1. The van der Waals surface area contributed by atoms with Crippen molar-refractivity contribution in [2.45, 2.75) is 18.1 Å².